The maximum Gasteiger partial charge on any atom is 0.130 e. The van der Waals surface area contributed by atoms with Crippen LogP contribution in [0.2, 0.25) is 0 Å². The SMILES string of the molecule is CNC1CCCN(Cc2ccc(OCc3ccccn3)cc2)C1.Cl.Cl. The first-order chi connectivity index (χ1) is 11.3. The Balaban J connectivity index is 0.00000156. The highest BCUT2D eigenvalue weighted by atomic mass is 35.5. The van der Waals surface area contributed by atoms with Crippen LogP contribution in [0.25, 0.3) is 0 Å². The molecule has 1 N–H and O–H groups in total. The Kier molecular flexibility index (Phi) is 9.83. The highest BCUT2D eigenvalue weighted by Crippen LogP contribution is 2.17. The number of hydrogen-bond donors (Lipinski definition) is 1. The summed E-state index contributed by atoms with van der Waals surface area (Å²) in [7, 11) is 2.06. The van der Waals surface area contributed by atoms with Crippen LogP contribution >= 0.6 is 24.8 Å². The molecule has 4 nitrogen and oxygen atoms in total. The van der Waals surface area contributed by atoms with Gasteiger partial charge < -0.3 is 10.1 Å². The van der Waals surface area contributed by atoms with Gasteiger partial charge in [0.05, 0.1) is 5.69 Å². The second-order valence-corrected chi connectivity index (χ2v) is 6.12. The molecule has 1 fully saturated rings. The van der Waals surface area contributed by atoms with Crippen molar-refractivity contribution in [3.8, 4) is 5.75 Å². The molecule has 25 heavy (non-hydrogen) atoms. The molecule has 1 aromatic carbocycles. The van der Waals surface area contributed by atoms with Crippen LogP contribution < -0.4 is 10.1 Å². The molecule has 0 amide bonds. The first-order valence-electron chi connectivity index (χ1n) is 8.35. The van der Waals surface area contributed by atoms with Crippen LogP contribution in [0.3, 0.4) is 0 Å². The van der Waals surface area contributed by atoms with Crippen LogP contribution in [0.5, 0.6) is 5.75 Å². The molecule has 3 rings (SSSR count). The van der Waals surface area contributed by atoms with E-state index in [9.17, 15) is 0 Å². The minimum Gasteiger partial charge on any atom is -0.487 e. The number of rotatable bonds is 6. The lowest BCUT2D eigenvalue weighted by Crippen LogP contribution is -2.43. The summed E-state index contributed by atoms with van der Waals surface area (Å²) in [5.74, 6) is 0.895. The van der Waals surface area contributed by atoms with Crippen molar-refractivity contribution in [2.24, 2.45) is 0 Å². The van der Waals surface area contributed by atoms with Crippen molar-refractivity contribution >= 4 is 24.8 Å². The molecule has 1 unspecified atom stereocenters. The van der Waals surface area contributed by atoms with Gasteiger partial charge in [0.25, 0.3) is 0 Å². The zero-order valence-corrected chi connectivity index (χ0v) is 16.2. The summed E-state index contributed by atoms with van der Waals surface area (Å²) in [6, 6.07) is 14.9. The molecule has 0 radical (unpaired) electrons. The topological polar surface area (TPSA) is 37.4 Å². The molecule has 1 aliphatic heterocycles. The molecular weight excluding hydrogens is 357 g/mol. The van der Waals surface area contributed by atoms with Gasteiger partial charge in [-0.2, -0.15) is 0 Å². The summed E-state index contributed by atoms with van der Waals surface area (Å²) in [5, 5.41) is 3.39. The Hall–Kier alpha value is -1.33. The van der Waals surface area contributed by atoms with Crippen molar-refractivity contribution in [2.45, 2.75) is 32.0 Å². The number of piperidine rings is 1. The molecule has 1 aliphatic rings. The molecule has 6 heteroatoms. The zero-order valence-electron chi connectivity index (χ0n) is 14.6. The molecule has 0 aliphatic carbocycles. The van der Waals surface area contributed by atoms with Crippen molar-refractivity contribution in [3.05, 3.63) is 59.9 Å². The molecule has 1 atom stereocenters. The van der Waals surface area contributed by atoms with Gasteiger partial charge in [-0.1, -0.05) is 18.2 Å². The number of likely N-dealkylation sites (N-methyl/N-ethyl adjacent to an activating group) is 1. The highest BCUT2D eigenvalue weighted by molar-refractivity contribution is 5.85. The van der Waals surface area contributed by atoms with Gasteiger partial charge in [0, 0.05) is 25.3 Å². The third kappa shape index (κ3) is 6.83. The molecule has 0 spiro atoms. The van der Waals surface area contributed by atoms with Crippen molar-refractivity contribution in [2.75, 3.05) is 20.1 Å². The van der Waals surface area contributed by atoms with E-state index in [1.165, 1.54) is 24.9 Å². The van der Waals surface area contributed by atoms with Crippen molar-refractivity contribution in [1.29, 1.82) is 0 Å². The fraction of sp³-hybridized carbons (Fsp3) is 0.421. The van der Waals surface area contributed by atoms with E-state index in [2.05, 4.69) is 46.5 Å². The van der Waals surface area contributed by atoms with Crippen LogP contribution in [0.15, 0.2) is 48.7 Å². The van der Waals surface area contributed by atoms with Gasteiger partial charge in [-0.15, -0.1) is 24.8 Å². The van der Waals surface area contributed by atoms with Crippen molar-refractivity contribution < 1.29 is 4.74 Å². The van der Waals surface area contributed by atoms with Crippen LogP contribution in [-0.2, 0) is 13.2 Å². The average Bonchev–Trinajstić information content (AvgIpc) is 2.62. The Labute approximate surface area is 162 Å². The summed E-state index contributed by atoms with van der Waals surface area (Å²) in [6.07, 6.45) is 4.35. The Bertz CT molecular complexity index is 595. The quantitative estimate of drug-likeness (QED) is 0.825. The highest BCUT2D eigenvalue weighted by Gasteiger charge is 2.18. The number of nitrogens with one attached hydrogen (secondary N) is 1. The third-order valence-electron chi connectivity index (χ3n) is 4.36. The molecular formula is C19H27Cl2N3O. The van der Waals surface area contributed by atoms with E-state index in [1.54, 1.807) is 6.20 Å². The van der Waals surface area contributed by atoms with Crippen molar-refractivity contribution in [3.63, 3.8) is 0 Å². The lowest BCUT2D eigenvalue weighted by molar-refractivity contribution is 0.188. The molecule has 0 bridgehead atoms. The summed E-state index contributed by atoms with van der Waals surface area (Å²) in [4.78, 5) is 6.79. The Morgan fingerprint density at radius 1 is 1.16 bits per heavy atom. The molecule has 138 valence electrons. The maximum atomic E-state index is 5.79. The fourth-order valence-electron chi connectivity index (χ4n) is 3.02. The third-order valence-corrected chi connectivity index (χ3v) is 4.36. The average molecular weight is 384 g/mol. The van der Waals surface area contributed by atoms with E-state index >= 15 is 0 Å². The van der Waals surface area contributed by atoms with Crippen LogP contribution in [0.1, 0.15) is 24.1 Å². The first kappa shape index (κ1) is 21.7. The fourth-order valence-corrected chi connectivity index (χ4v) is 3.02. The predicted molar refractivity (Wildman–Crippen MR) is 107 cm³/mol. The van der Waals surface area contributed by atoms with E-state index in [0.717, 1.165) is 24.5 Å². The van der Waals surface area contributed by atoms with Gasteiger partial charge in [0.15, 0.2) is 0 Å². The maximum absolute atomic E-state index is 5.79. The van der Waals surface area contributed by atoms with Gasteiger partial charge in [0.2, 0.25) is 0 Å². The molecule has 2 heterocycles. The Morgan fingerprint density at radius 3 is 2.64 bits per heavy atom. The second-order valence-electron chi connectivity index (χ2n) is 6.12. The largest absolute Gasteiger partial charge is 0.487 e. The van der Waals surface area contributed by atoms with Gasteiger partial charge >= 0.3 is 0 Å². The minimum atomic E-state index is 0. The van der Waals surface area contributed by atoms with Crippen LogP contribution in [-0.4, -0.2) is 36.1 Å². The summed E-state index contributed by atoms with van der Waals surface area (Å²) in [6.45, 7) is 3.85. The smallest absolute Gasteiger partial charge is 0.130 e. The minimum absolute atomic E-state index is 0. The number of ether oxygens (including phenoxy) is 1. The summed E-state index contributed by atoms with van der Waals surface area (Å²) >= 11 is 0. The first-order valence-corrected chi connectivity index (χ1v) is 8.35. The summed E-state index contributed by atoms with van der Waals surface area (Å²) < 4.78 is 5.79. The Morgan fingerprint density at radius 2 is 1.96 bits per heavy atom. The lowest BCUT2D eigenvalue weighted by Gasteiger charge is -2.32. The van der Waals surface area contributed by atoms with Gasteiger partial charge in [-0.05, 0) is 56.3 Å². The number of nitrogens with zero attached hydrogens (tertiary/aromatic N) is 2. The van der Waals surface area contributed by atoms with E-state index in [1.807, 2.05) is 18.2 Å². The van der Waals surface area contributed by atoms with Crippen LogP contribution in [0, 0.1) is 0 Å². The monoisotopic (exact) mass is 383 g/mol. The van der Waals surface area contributed by atoms with Gasteiger partial charge in [-0.25, -0.2) is 0 Å². The number of halogens is 2. The van der Waals surface area contributed by atoms with E-state index in [0.29, 0.717) is 12.6 Å². The van der Waals surface area contributed by atoms with Gasteiger partial charge in [-0.3, -0.25) is 9.88 Å². The zero-order chi connectivity index (χ0) is 15.9. The lowest BCUT2D eigenvalue weighted by atomic mass is 10.1. The molecule has 1 saturated heterocycles. The van der Waals surface area contributed by atoms with Crippen LogP contribution in [0.4, 0.5) is 0 Å². The number of likely N-dealkylation sites (tertiary alicyclic amines) is 1. The summed E-state index contributed by atoms with van der Waals surface area (Å²) in [5.41, 5.74) is 2.29. The number of benzene rings is 1. The molecule has 1 aromatic heterocycles. The molecule has 2 aromatic rings. The second kappa shape index (κ2) is 11.3. The van der Waals surface area contributed by atoms with Crippen molar-refractivity contribution in [1.82, 2.24) is 15.2 Å². The van der Waals surface area contributed by atoms with E-state index in [4.69, 9.17) is 4.74 Å². The standard InChI is InChI=1S/C19H25N3O.2ClH/c1-20-17-6-4-12-22(14-17)13-16-7-9-19(10-8-16)23-15-18-5-2-3-11-21-18;;/h2-3,5,7-11,17,20H,4,6,12-15H2,1H3;2*1H. The number of aromatic nitrogens is 1. The number of pyridine rings is 1. The normalized spacial score (nSPS) is 17.2. The van der Waals surface area contributed by atoms with Gasteiger partial charge in [0.1, 0.15) is 12.4 Å². The predicted octanol–water partition coefficient (Wildman–Crippen LogP) is 3.69. The van der Waals surface area contributed by atoms with E-state index < -0.39 is 0 Å². The van der Waals surface area contributed by atoms with E-state index in [-0.39, 0.29) is 24.8 Å². The number of hydrogen-bond acceptors (Lipinski definition) is 4. The molecule has 0 saturated carbocycles.